The van der Waals surface area contributed by atoms with Crippen LogP contribution in [0.1, 0.15) is 48.5 Å². The monoisotopic (exact) mass is 597 g/mol. The van der Waals surface area contributed by atoms with Gasteiger partial charge in [0.05, 0.1) is 0 Å². The average Bonchev–Trinajstić information content (AvgIpc) is 2.70. The summed E-state index contributed by atoms with van der Waals surface area (Å²) < 4.78 is 128. The van der Waals surface area contributed by atoms with Gasteiger partial charge in [-0.3, -0.25) is 24.3 Å². The number of hydrogen-bond donors (Lipinski definition) is 1. The van der Waals surface area contributed by atoms with E-state index in [-0.39, 0.29) is 4.90 Å². The van der Waals surface area contributed by atoms with Crippen molar-refractivity contribution in [1.82, 2.24) is 10.2 Å². The molecule has 228 valence electrons. The standard InChI is InChI=1S/C23H28F9N3O5/c1-10(2)13(34-18(39)40-19(5,6)7)17(38)35(16(37)12-8-9-33-12)14(11(3)4)15(36)20(24,25)21(26,27)22(28,29)23(30,31)32/h8-11,13-14H,1-7H3,(H,34,39)/t13-,14?/m0/s1. The molecule has 0 bridgehead atoms. The minimum Gasteiger partial charge on any atom is -0.444 e. The second-order valence-electron chi connectivity index (χ2n) is 10.5. The van der Waals surface area contributed by atoms with Gasteiger partial charge in [-0.1, -0.05) is 27.7 Å². The normalized spacial score (nSPS) is 16.2. The van der Waals surface area contributed by atoms with Gasteiger partial charge in [0, 0.05) is 6.20 Å². The Hall–Kier alpha value is -3.14. The van der Waals surface area contributed by atoms with Gasteiger partial charge in [-0.15, -0.1) is 0 Å². The summed E-state index contributed by atoms with van der Waals surface area (Å²) in [5.74, 6) is -30.8. The molecule has 3 amide bonds. The first kappa shape index (κ1) is 34.9. The van der Waals surface area contributed by atoms with E-state index < -0.39 is 82.9 Å². The molecule has 1 aliphatic heterocycles. The summed E-state index contributed by atoms with van der Waals surface area (Å²) in [5.41, 5.74) is -1.79. The summed E-state index contributed by atoms with van der Waals surface area (Å²) in [6.07, 6.45) is -6.57. The number of imide groups is 1. The van der Waals surface area contributed by atoms with Crippen molar-refractivity contribution in [3.63, 3.8) is 0 Å². The molecule has 8 nitrogen and oxygen atoms in total. The summed E-state index contributed by atoms with van der Waals surface area (Å²) in [5, 5.41) is 2.05. The number of rotatable bonds is 10. The van der Waals surface area contributed by atoms with Crippen molar-refractivity contribution in [3.8, 4) is 0 Å². The number of nitrogens with one attached hydrogen (secondary N) is 1. The minimum atomic E-state index is -7.39. The molecule has 40 heavy (non-hydrogen) atoms. The van der Waals surface area contributed by atoms with Crippen molar-refractivity contribution in [2.24, 2.45) is 16.8 Å². The summed E-state index contributed by atoms with van der Waals surface area (Å²) >= 11 is 0. The summed E-state index contributed by atoms with van der Waals surface area (Å²) in [6, 6.07) is -4.87. The number of alkyl halides is 9. The number of carbonyl (C=O) groups is 4. The number of carbonyl (C=O) groups excluding carboxylic acids is 4. The lowest BCUT2D eigenvalue weighted by atomic mass is 9.88. The van der Waals surface area contributed by atoms with Gasteiger partial charge in [0.1, 0.15) is 23.4 Å². The van der Waals surface area contributed by atoms with E-state index in [0.717, 1.165) is 26.1 Å². The number of amides is 3. The maximum absolute atomic E-state index is 14.7. The molecule has 0 fully saturated rings. The van der Waals surface area contributed by atoms with Gasteiger partial charge in [-0.25, -0.2) is 4.79 Å². The number of ether oxygens (including phenoxy) is 1. The van der Waals surface area contributed by atoms with Gasteiger partial charge in [0.2, 0.25) is 5.78 Å². The molecule has 17 heteroatoms. The van der Waals surface area contributed by atoms with Gasteiger partial charge in [-0.05, 0) is 38.7 Å². The Morgan fingerprint density at radius 1 is 0.850 bits per heavy atom. The van der Waals surface area contributed by atoms with Gasteiger partial charge < -0.3 is 10.1 Å². The van der Waals surface area contributed by atoms with Crippen LogP contribution in [-0.2, 0) is 19.1 Å². The van der Waals surface area contributed by atoms with Crippen LogP contribution in [-0.4, -0.2) is 75.9 Å². The fourth-order valence-electron chi connectivity index (χ4n) is 3.29. The second-order valence-corrected chi connectivity index (χ2v) is 10.5. The van der Waals surface area contributed by atoms with Crippen molar-refractivity contribution in [3.05, 3.63) is 12.3 Å². The smallest absolute Gasteiger partial charge is 0.444 e. The van der Waals surface area contributed by atoms with E-state index in [2.05, 4.69) is 10.3 Å². The van der Waals surface area contributed by atoms with Gasteiger partial charge >= 0.3 is 30.0 Å². The molecule has 0 saturated carbocycles. The SMILES string of the molecule is CC(C)C(C(=O)C(F)(F)C(F)(F)C(F)(F)C(F)(F)F)N(C(=O)C1=NC=C1)C(=O)[C@@H](NC(=O)OC(C)(C)C)C(C)C. The van der Waals surface area contributed by atoms with E-state index in [1.165, 1.54) is 34.6 Å². The van der Waals surface area contributed by atoms with Crippen LogP contribution in [0.15, 0.2) is 17.3 Å². The average molecular weight is 597 g/mol. The van der Waals surface area contributed by atoms with Crippen molar-refractivity contribution >= 4 is 29.4 Å². The number of nitrogens with zero attached hydrogens (tertiary/aromatic N) is 2. The van der Waals surface area contributed by atoms with Gasteiger partial charge in [0.15, 0.2) is 0 Å². The van der Waals surface area contributed by atoms with Crippen LogP contribution in [0, 0.1) is 11.8 Å². The Bertz CT molecular complexity index is 1080. The fraction of sp³-hybridized carbons (Fsp3) is 0.696. The molecular weight excluding hydrogens is 569 g/mol. The number of ketones is 1. The highest BCUT2D eigenvalue weighted by atomic mass is 19.4. The first-order valence-corrected chi connectivity index (χ1v) is 11.6. The Kier molecular flexibility index (Phi) is 9.93. The zero-order chi connectivity index (χ0) is 31.8. The molecule has 0 aliphatic carbocycles. The van der Waals surface area contributed by atoms with Crippen molar-refractivity contribution in [2.75, 3.05) is 0 Å². The zero-order valence-electron chi connectivity index (χ0n) is 22.3. The van der Waals surface area contributed by atoms with Crippen LogP contribution in [0.25, 0.3) is 0 Å². The Morgan fingerprint density at radius 3 is 1.65 bits per heavy atom. The van der Waals surface area contributed by atoms with E-state index in [4.69, 9.17) is 4.74 Å². The van der Waals surface area contributed by atoms with Crippen LogP contribution in [0.4, 0.5) is 44.3 Å². The van der Waals surface area contributed by atoms with Crippen molar-refractivity contribution in [1.29, 1.82) is 0 Å². The quantitative estimate of drug-likeness (QED) is 0.360. The lowest BCUT2D eigenvalue weighted by Crippen LogP contribution is -2.68. The molecule has 0 spiro atoms. The molecule has 0 radical (unpaired) electrons. The van der Waals surface area contributed by atoms with Crippen LogP contribution >= 0.6 is 0 Å². The third-order valence-corrected chi connectivity index (χ3v) is 5.36. The van der Waals surface area contributed by atoms with E-state index in [9.17, 15) is 58.7 Å². The summed E-state index contributed by atoms with van der Waals surface area (Å²) in [6.45, 7) is 8.55. The van der Waals surface area contributed by atoms with Crippen LogP contribution in [0.3, 0.4) is 0 Å². The maximum atomic E-state index is 14.7. The van der Waals surface area contributed by atoms with Crippen molar-refractivity contribution < 1.29 is 63.4 Å². The highest BCUT2D eigenvalue weighted by Gasteiger charge is 2.84. The molecule has 0 saturated heterocycles. The first-order chi connectivity index (χ1) is 17.7. The lowest BCUT2D eigenvalue weighted by Gasteiger charge is -2.39. The number of hydrogen-bond acceptors (Lipinski definition) is 6. The van der Waals surface area contributed by atoms with E-state index >= 15 is 0 Å². The van der Waals surface area contributed by atoms with Crippen molar-refractivity contribution in [2.45, 2.75) is 90.1 Å². The Labute approximate surface area is 223 Å². The highest BCUT2D eigenvalue weighted by molar-refractivity contribution is 6.47. The van der Waals surface area contributed by atoms with E-state index in [1.54, 1.807) is 0 Å². The van der Waals surface area contributed by atoms with Crippen LogP contribution in [0.5, 0.6) is 0 Å². The predicted molar refractivity (Wildman–Crippen MR) is 121 cm³/mol. The fourth-order valence-corrected chi connectivity index (χ4v) is 3.29. The number of halogens is 9. The highest BCUT2D eigenvalue weighted by Crippen LogP contribution is 2.54. The lowest BCUT2D eigenvalue weighted by molar-refractivity contribution is -0.388. The third kappa shape index (κ3) is 6.77. The molecule has 1 N–H and O–H groups in total. The number of alkyl carbamates (subject to hydrolysis) is 1. The van der Waals surface area contributed by atoms with E-state index in [0.29, 0.717) is 0 Å². The predicted octanol–water partition coefficient (Wildman–Crippen LogP) is 4.92. The summed E-state index contributed by atoms with van der Waals surface area (Å²) in [4.78, 5) is 54.8. The topological polar surface area (TPSA) is 105 Å². The van der Waals surface area contributed by atoms with Crippen LogP contribution < -0.4 is 5.32 Å². The molecule has 2 atom stereocenters. The number of aliphatic imine (C=N–C) groups is 1. The Balaban J connectivity index is 3.73. The number of Topliss-reactive ketones (excluding diaryl/α,β-unsaturated/α-hetero) is 1. The largest absolute Gasteiger partial charge is 0.460 e. The molecule has 1 aliphatic rings. The van der Waals surface area contributed by atoms with Gasteiger partial charge in [0.25, 0.3) is 11.8 Å². The van der Waals surface area contributed by atoms with Crippen LogP contribution in [0.2, 0.25) is 0 Å². The molecule has 0 aromatic rings. The van der Waals surface area contributed by atoms with E-state index in [1.807, 2.05) is 0 Å². The minimum absolute atomic E-state index is 0.299. The zero-order valence-corrected chi connectivity index (χ0v) is 22.3. The second kappa shape index (κ2) is 11.4. The van der Waals surface area contributed by atoms with Gasteiger partial charge in [-0.2, -0.15) is 39.5 Å². The Morgan fingerprint density at radius 2 is 1.32 bits per heavy atom. The first-order valence-electron chi connectivity index (χ1n) is 11.6. The molecule has 1 unspecified atom stereocenters. The molecule has 1 rings (SSSR count). The third-order valence-electron chi connectivity index (χ3n) is 5.36. The molecule has 0 aromatic heterocycles. The maximum Gasteiger partial charge on any atom is 0.460 e. The molecule has 1 heterocycles. The molecule has 0 aromatic carbocycles. The summed E-state index contributed by atoms with van der Waals surface area (Å²) in [7, 11) is 0. The molecular formula is C23H28F9N3O5.